The minimum absolute atomic E-state index is 0.0407. The van der Waals surface area contributed by atoms with Crippen LogP contribution in [0.25, 0.3) is 17.2 Å². The van der Waals surface area contributed by atoms with Gasteiger partial charge in [-0.15, -0.1) is 0 Å². The number of carbonyl (C=O) groups is 2. The van der Waals surface area contributed by atoms with Crippen molar-refractivity contribution in [3.05, 3.63) is 60.3 Å². The molecule has 45 heavy (non-hydrogen) atoms. The number of oxazole rings is 1. The molecule has 0 saturated carbocycles. The fraction of sp³-hybridized carbons (Fsp3) is 0.345. The molecule has 3 aromatic rings. The maximum Gasteiger partial charge on any atom is 0.374 e. The molecule has 1 aliphatic heterocycles. The number of benzene rings is 2. The topological polar surface area (TPSA) is 213 Å². The second kappa shape index (κ2) is 14.2. The molecule has 0 spiro atoms. The van der Waals surface area contributed by atoms with Gasteiger partial charge in [0, 0.05) is 44.0 Å². The number of rotatable bonds is 16. The van der Waals surface area contributed by atoms with Crippen LogP contribution in [0.15, 0.2) is 68.6 Å². The predicted octanol–water partition coefficient (Wildman–Crippen LogP) is 4.26. The standard InChI is InChI=1S/C29H32N2O12S2/c32-28(33)10-3-1-5-16-30-22-14-12-20(44(36,37)38)18-24(22)42-26(30)8-7-9-27-31(17-6-2-4-11-29(34)35)23-15-13-21(45(39,40)41)19-25(23)43-27/h7-9,12-15,18-19H,1-6,10-11,16-17H2,(H3-,32,33,34,35,36,37,38,39,40,41)/p+1. The molecule has 0 bridgehead atoms. The van der Waals surface area contributed by atoms with Gasteiger partial charge in [0.05, 0.1) is 21.6 Å². The third-order valence-electron chi connectivity index (χ3n) is 7.02. The van der Waals surface area contributed by atoms with Crippen molar-refractivity contribution in [3.8, 4) is 5.75 Å². The van der Waals surface area contributed by atoms with Crippen LogP contribution in [0.2, 0.25) is 0 Å². The molecule has 1 aromatic heterocycles. The summed E-state index contributed by atoms with van der Waals surface area (Å²) < 4.78 is 79.3. The monoisotopic (exact) mass is 665 g/mol. The summed E-state index contributed by atoms with van der Waals surface area (Å²) in [7, 11) is -8.95. The summed E-state index contributed by atoms with van der Waals surface area (Å²) in [6, 6.07) is 7.92. The van der Waals surface area contributed by atoms with Gasteiger partial charge >= 0.3 is 17.8 Å². The van der Waals surface area contributed by atoms with Gasteiger partial charge in [0.2, 0.25) is 11.5 Å². The van der Waals surface area contributed by atoms with Crippen LogP contribution in [-0.2, 0) is 36.4 Å². The fourth-order valence-electron chi connectivity index (χ4n) is 4.86. The third-order valence-corrected chi connectivity index (χ3v) is 8.72. The number of aliphatic carboxylic acids is 2. The summed E-state index contributed by atoms with van der Waals surface area (Å²) in [4.78, 5) is 22.8. The number of carboxylic acid groups (broad SMARTS) is 2. The van der Waals surface area contributed by atoms with Crippen molar-refractivity contribution in [3.63, 3.8) is 0 Å². The summed E-state index contributed by atoms with van der Waals surface area (Å²) in [5.74, 6) is -0.904. The highest BCUT2D eigenvalue weighted by Gasteiger charge is 2.28. The number of anilines is 1. The molecule has 0 fully saturated rings. The number of hydrogen-bond acceptors (Lipinski definition) is 9. The average molecular weight is 666 g/mol. The van der Waals surface area contributed by atoms with Crippen LogP contribution >= 0.6 is 0 Å². The number of unbranched alkanes of at least 4 members (excludes halogenated alkanes) is 4. The van der Waals surface area contributed by atoms with Gasteiger partial charge < -0.3 is 24.3 Å². The number of aromatic nitrogens is 1. The first-order valence-corrected chi connectivity index (χ1v) is 16.9. The molecule has 14 nitrogen and oxygen atoms in total. The summed E-state index contributed by atoms with van der Waals surface area (Å²) in [6.45, 7) is 0.855. The lowest BCUT2D eigenvalue weighted by molar-refractivity contribution is -0.678. The molecule has 2 aromatic carbocycles. The number of allylic oxidation sites excluding steroid dienone is 2. The van der Waals surface area contributed by atoms with E-state index in [1.807, 2.05) is 0 Å². The second-order valence-corrected chi connectivity index (χ2v) is 13.2. The maximum absolute atomic E-state index is 11.7. The molecule has 0 aliphatic carbocycles. The highest BCUT2D eigenvalue weighted by molar-refractivity contribution is 7.86. The minimum atomic E-state index is -4.48. The fourth-order valence-corrected chi connectivity index (χ4v) is 5.85. The number of nitrogens with zero attached hydrogens (tertiary/aromatic N) is 2. The Balaban J connectivity index is 1.62. The van der Waals surface area contributed by atoms with Crippen molar-refractivity contribution in [2.75, 3.05) is 11.4 Å². The number of carboxylic acids is 2. The van der Waals surface area contributed by atoms with E-state index in [-0.39, 0.29) is 34.0 Å². The zero-order valence-electron chi connectivity index (χ0n) is 24.0. The van der Waals surface area contributed by atoms with Crippen LogP contribution in [0, 0.1) is 0 Å². The number of ether oxygens (including phenoxy) is 1. The second-order valence-electron chi connectivity index (χ2n) is 10.3. The Morgan fingerprint density at radius 3 is 2.09 bits per heavy atom. The Bertz CT molecular complexity index is 1860. The highest BCUT2D eigenvalue weighted by atomic mass is 32.2. The van der Waals surface area contributed by atoms with Crippen LogP contribution in [0.4, 0.5) is 5.69 Å². The van der Waals surface area contributed by atoms with Crippen molar-refractivity contribution in [2.24, 2.45) is 0 Å². The summed E-state index contributed by atoms with van der Waals surface area (Å²) in [5.41, 5.74) is 1.31. The van der Waals surface area contributed by atoms with Gasteiger partial charge in [-0.25, -0.2) is 0 Å². The zero-order chi connectivity index (χ0) is 32.8. The molecular formula is C29H33N2O12S2+. The van der Waals surface area contributed by atoms with Crippen molar-refractivity contribution >= 4 is 55.0 Å². The van der Waals surface area contributed by atoms with Crippen molar-refractivity contribution in [2.45, 2.75) is 67.7 Å². The van der Waals surface area contributed by atoms with E-state index in [0.717, 1.165) is 0 Å². The number of aryl methyl sites for hydroxylation is 1. The van der Waals surface area contributed by atoms with Gasteiger partial charge in [-0.1, -0.05) is 6.42 Å². The van der Waals surface area contributed by atoms with E-state index >= 15 is 0 Å². The van der Waals surface area contributed by atoms with Crippen LogP contribution in [-0.4, -0.2) is 54.6 Å². The van der Waals surface area contributed by atoms with Crippen LogP contribution < -0.4 is 14.2 Å². The Morgan fingerprint density at radius 1 is 0.822 bits per heavy atom. The van der Waals surface area contributed by atoms with Crippen LogP contribution in [0.1, 0.15) is 57.3 Å². The average Bonchev–Trinajstić information content (AvgIpc) is 3.48. The first-order valence-electron chi connectivity index (χ1n) is 14.1. The molecule has 0 amide bonds. The third kappa shape index (κ3) is 8.91. The smallest absolute Gasteiger partial charge is 0.374 e. The molecule has 4 N–H and O–H groups in total. The number of hydrogen-bond donors (Lipinski definition) is 4. The zero-order valence-corrected chi connectivity index (χ0v) is 25.7. The number of fused-ring (bicyclic) bond motifs is 2. The summed E-state index contributed by atoms with van der Waals surface area (Å²) >= 11 is 0. The van der Waals surface area contributed by atoms with E-state index in [9.17, 15) is 35.5 Å². The molecular weight excluding hydrogens is 632 g/mol. The van der Waals surface area contributed by atoms with Gasteiger partial charge in [0.25, 0.3) is 25.8 Å². The molecule has 1 aliphatic rings. The van der Waals surface area contributed by atoms with E-state index in [1.165, 1.54) is 36.4 Å². The van der Waals surface area contributed by atoms with Crippen molar-refractivity contribution in [1.82, 2.24) is 0 Å². The minimum Gasteiger partial charge on any atom is -0.481 e. The van der Waals surface area contributed by atoms with E-state index in [0.29, 0.717) is 74.6 Å². The van der Waals surface area contributed by atoms with Crippen molar-refractivity contribution < 1.29 is 59.5 Å². The normalized spacial score (nSPS) is 14.4. The van der Waals surface area contributed by atoms with E-state index < -0.39 is 32.2 Å². The first kappa shape index (κ1) is 33.6. The molecule has 2 heterocycles. The lowest BCUT2D eigenvalue weighted by Gasteiger charge is -2.18. The Kier molecular flexibility index (Phi) is 10.6. The molecule has 242 valence electrons. The summed E-state index contributed by atoms with van der Waals surface area (Å²) in [5, 5.41) is 17.8. The highest BCUT2D eigenvalue weighted by Crippen LogP contribution is 2.40. The van der Waals surface area contributed by atoms with Gasteiger partial charge in [0.1, 0.15) is 0 Å². The van der Waals surface area contributed by atoms with Crippen LogP contribution in [0.5, 0.6) is 5.75 Å². The van der Waals surface area contributed by atoms with Gasteiger partial charge in [-0.2, -0.15) is 21.4 Å². The Morgan fingerprint density at radius 2 is 1.44 bits per heavy atom. The molecule has 16 heteroatoms. The van der Waals surface area contributed by atoms with E-state index in [4.69, 9.17) is 19.4 Å². The lowest BCUT2D eigenvalue weighted by atomic mass is 10.2. The largest absolute Gasteiger partial charge is 0.481 e. The molecule has 4 rings (SSSR count). The van der Waals surface area contributed by atoms with Gasteiger partial charge in [-0.05, 0) is 56.0 Å². The molecule has 0 saturated heterocycles. The predicted molar refractivity (Wildman–Crippen MR) is 160 cm³/mol. The quantitative estimate of drug-likeness (QED) is 0.0958. The molecule has 0 unspecified atom stereocenters. The Labute approximate surface area is 259 Å². The van der Waals surface area contributed by atoms with Gasteiger partial charge in [-0.3, -0.25) is 18.7 Å². The van der Waals surface area contributed by atoms with E-state index in [1.54, 1.807) is 27.7 Å². The first-order chi connectivity index (χ1) is 21.2. The summed E-state index contributed by atoms with van der Waals surface area (Å²) in [6.07, 6.45) is 8.36. The molecule has 0 radical (unpaired) electrons. The SMILES string of the molecule is O=C(O)CCCCCN1C(=CC=Cc2oc3cc(S(=O)(=O)O)ccc3[n+]2CCCCCC(=O)O)Oc2cc(S(=O)(=O)O)ccc21. The van der Waals surface area contributed by atoms with Crippen LogP contribution in [0.3, 0.4) is 0 Å². The lowest BCUT2D eigenvalue weighted by Crippen LogP contribution is -2.35. The van der Waals surface area contributed by atoms with Crippen molar-refractivity contribution in [1.29, 1.82) is 0 Å². The Hall–Kier alpha value is -4.25. The van der Waals surface area contributed by atoms with E-state index in [2.05, 4.69) is 0 Å². The van der Waals surface area contributed by atoms with Gasteiger partial charge in [0.15, 0.2) is 12.3 Å². The molecule has 0 atom stereocenters. The maximum atomic E-state index is 11.7.